The zero-order chi connectivity index (χ0) is 12.1. The van der Waals surface area contributed by atoms with E-state index in [-0.39, 0.29) is 12.3 Å². The molecule has 1 aromatic carbocycles. The fourth-order valence-corrected chi connectivity index (χ4v) is 1.36. The van der Waals surface area contributed by atoms with E-state index in [1.807, 2.05) is 0 Å². The van der Waals surface area contributed by atoms with Crippen molar-refractivity contribution in [3.05, 3.63) is 33.9 Å². The number of benzene rings is 1. The number of nitro benzene ring substituents is 1. The summed E-state index contributed by atoms with van der Waals surface area (Å²) in [6.07, 6.45) is 5.15. The summed E-state index contributed by atoms with van der Waals surface area (Å²) in [5.74, 6) is 2.41. The highest BCUT2D eigenvalue weighted by Gasteiger charge is 2.17. The molecule has 0 saturated heterocycles. The minimum atomic E-state index is -0.485. The van der Waals surface area contributed by atoms with Crippen molar-refractivity contribution in [2.75, 3.05) is 18.5 Å². The largest absolute Gasteiger partial charge is 0.392 e. The number of hydrogen-bond donors (Lipinski definition) is 1. The van der Waals surface area contributed by atoms with Crippen LogP contribution in [-0.4, -0.2) is 23.6 Å². The first-order valence-electron chi connectivity index (χ1n) is 4.63. The Labute approximate surface area is 93.5 Å². The Morgan fingerprint density at radius 1 is 1.62 bits per heavy atom. The van der Waals surface area contributed by atoms with Gasteiger partial charge in [0, 0.05) is 13.1 Å². The van der Waals surface area contributed by atoms with Gasteiger partial charge in [0.2, 0.25) is 0 Å². The summed E-state index contributed by atoms with van der Waals surface area (Å²) in [6, 6.07) is 4.57. The number of aliphatic hydroxyl groups is 1. The molecule has 0 unspecified atom stereocenters. The lowest BCUT2D eigenvalue weighted by atomic mass is 10.1. The summed E-state index contributed by atoms with van der Waals surface area (Å²) >= 11 is 0. The maximum Gasteiger partial charge on any atom is 0.292 e. The number of hydrogen-bond acceptors (Lipinski definition) is 4. The second-order valence-corrected chi connectivity index (χ2v) is 3.30. The zero-order valence-electron chi connectivity index (χ0n) is 8.88. The molecule has 16 heavy (non-hydrogen) atoms. The van der Waals surface area contributed by atoms with Crippen molar-refractivity contribution in [2.24, 2.45) is 0 Å². The molecule has 0 bridgehead atoms. The molecule has 0 heterocycles. The molecular weight excluding hydrogens is 208 g/mol. The predicted octanol–water partition coefficient (Wildman–Crippen LogP) is 1.16. The lowest BCUT2D eigenvalue weighted by Crippen LogP contribution is -2.18. The van der Waals surface area contributed by atoms with Gasteiger partial charge in [-0.25, -0.2) is 0 Å². The topological polar surface area (TPSA) is 66.6 Å². The third kappa shape index (κ3) is 2.49. The summed E-state index contributed by atoms with van der Waals surface area (Å²) < 4.78 is 0. The average Bonchev–Trinajstić information content (AvgIpc) is 2.28. The SMILES string of the molecule is C#CCN(C)c1ccc(CO)cc1[N+](=O)[O-]. The molecule has 5 heteroatoms. The Balaban J connectivity index is 3.18. The molecule has 1 N–H and O–H groups in total. The van der Waals surface area contributed by atoms with Gasteiger partial charge in [-0.2, -0.15) is 0 Å². The van der Waals surface area contributed by atoms with Crippen LogP contribution in [0.15, 0.2) is 18.2 Å². The maximum atomic E-state index is 10.8. The molecule has 84 valence electrons. The molecule has 0 aliphatic rings. The first-order chi connectivity index (χ1) is 7.60. The van der Waals surface area contributed by atoms with Gasteiger partial charge in [-0.3, -0.25) is 10.1 Å². The van der Waals surface area contributed by atoms with Crippen molar-refractivity contribution >= 4 is 11.4 Å². The Morgan fingerprint density at radius 3 is 2.81 bits per heavy atom. The quantitative estimate of drug-likeness (QED) is 0.469. The molecule has 1 aromatic rings. The van der Waals surface area contributed by atoms with E-state index in [1.165, 1.54) is 6.07 Å². The van der Waals surface area contributed by atoms with Crippen molar-refractivity contribution in [1.29, 1.82) is 0 Å². The van der Waals surface area contributed by atoms with Crippen molar-refractivity contribution in [1.82, 2.24) is 0 Å². The number of terminal acetylenes is 1. The third-order valence-corrected chi connectivity index (χ3v) is 2.16. The highest BCUT2D eigenvalue weighted by molar-refractivity contribution is 5.64. The monoisotopic (exact) mass is 220 g/mol. The summed E-state index contributed by atoms with van der Waals surface area (Å²) in [5.41, 5.74) is 0.897. The third-order valence-electron chi connectivity index (χ3n) is 2.16. The van der Waals surface area contributed by atoms with Crippen LogP contribution < -0.4 is 4.90 Å². The van der Waals surface area contributed by atoms with Gasteiger partial charge in [-0.1, -0.05) is 12.0 Å². The van der Waals surface area contributed by atoms with E-state index < -0.39 is 4.92 Å². The number of rotatable bonds is 4. The van der Waals surface area contributed by atoms with E-state index in [0.717, 1.165) is 0 Å². The van der Waals surface area contributed by atoms with E-state index in [9.17, 15) is 10.1 Å². The van der Waals surface area contributed by atoms with E-state index in [1.54, 1.807) is 24.1 Å². The second kappa shape index (κ2) is 5.14. The normalized spacial score (nSPS) is 9.56. The first-order valence-corrected chi connectivity index (χ1v) is 4.63. The minimum Gasteiger partial charge on any atom is -0.392 e. The van der Waals surface area contributed by atoms with Gasteiger partial charge in [0.05, 0.1) is 18.1 Å². The Hall–Kier alpha value is -2.06. The molecule has 0 aliphatic carbocycles. The molecule has 0 aliphatic heterocycles. The van der Waals surface area contributed by atoms with Crippen LogP contribution in [-0.2, 0) is 6.61 Å². The van der Waals surface area contributed by atoms with Gasteiger partial charge in [-0.15, -0.1) is 6.42 Å². The fourth-order valence-electron chi connectivity index (χ4n) is 1.36. The van der Waals surface area contributed by atoms with Crippen LogP contribution in [0.25, 0.3) is 0 Å². The molecule has 0 radical (unpaired) electrons. The highest BCUT2D eigenvalue weighted by Crippen LogP contribution is 2.28. The lowest BCUT2D eigenvalue weighted by Gasteiger charge is -2.16. The Kier molecular flexibility index (Phi) is 3.86. The van der Waals surface area contributed by atoms with Gasteiger partial charge in [0.15, 0.2) is 0 Å². The Bertz CT molecular complexity index is 437. The number of anilines is 1. The molecule has 5 nitrogen and oxygen atoms in total. The van der Waals surface area contributed by atoms with Crippen LogP contribution >= 0.6 is 0 Å². The minimum absolute atomic E-state index is 0.0516. The summed E-state index contributed by atoms with van der Waals surface area (Å²) in [5, 5.41) is 19.8. The standard InChI is InChI=1S/C11H12N2O3/c1-3-6-12(2)10-5-4-9(8-14)7-11(10)13(15)16/h1,4-5,7,14H,6,8H2,2H3. The molecule has 0 amide bonds. The van der Waals surface area contributed by atoms with Crippen LogP contribution in [0.1, 0.15) is 5.56 Å². The number of nitrogens with zero attached hydrogens (tertiary/aromatic N) is 2. The summed E-state index contributed by atoms with van der Waals surface area (Å²) in [7, 11) is 1.68. The highest BCUT2D eigenvalue weighted by atomic mass is 16.6. The smallest absolute Gasteiger partial charge is 0.292 e. The number of aliphatic hydroxyl groups excluding tert-OH is 1. The molecule has 0 spiro atoms. The molecule has 0 fully saturated rings. The predicted molar refractivity (Wildman–Crippen MR) is 61.1 cm³/mol. The van der Waals surface area contributed by atoms with Crippen molar-refractivity contribution in [2.45, 2.75) is 6.61 Å². The van der Waals surface area contributed by atoms with Crippen LogP contribution in [0, 0.1) is 22.5 Å². The van der Waals surface area contributed by atoms with E-state index in [2.05, 4.69) is 5.92 Å². The van der Waals surface area contributed by atoms with Gasteiger partial charge < -0.3 is 10.0 Å². The first kappa shape index (κ1) is 12.0. The number of nitro groups is 1. The van der Waals surface area contributed by atoms with Crippen molar-refractivity contribution < 1.29 is 10.0 Å². The molecule has 0 aromatic heterocycles. The summed E-state index contributed by atoms with van der Waals surface area (Å²) in [6.45, 7) is 0.0687. The van der Waals surface area contributed by atoms with E-state index >= 15 is 0 Å². The molecule has 0 saturated carbocycles. The molecule has 0 atom stereocenters. The molecule has 1 rings (SSSR count). The fraction of sp³-hybridized carbons (Fsp3) is 0.273. The summed E-state index contributed by atoms with van der Waals surface area (Å²) in [4.78, 5) is 12.0. The Morgan fingerprint density at radius 2 is 2.31 bits per heavy atom. The average molecular weight is 220 g/mol. The van der Waals surface area contributed by atoms with Crippen LogP contribution in [0.4, 0.5) is 11.4 Å². The van der Waals surface area contributed by atoms with Gasteiger partial charge in [0.25, 0.3) is 5.69 Å². The maximum absolute atomic E-state index is 10.8. The van der Waals surface area contributed by atoms with Gasteiger partial charge in [-0.05, 0) is 11.6 Å². The lowest BCUT2D eigenvalue weighted by molar-refractivity contribution is -0.384. The van der Waals surface area contributed by atoms with Crippen LogP contribution in [0.5, 0.6) is 0 Å². The van der Waals surface area contributed by atoms with Crippen LogP contribution in [0.2, 0.25) is 0 Å². The van der Waals surface area contributed by atoms with Gasteiger partial charge >= 0.3 is 0 Å². The van der Waals surface area contributed by atoms with Crippen LogP contribution in [0.3, 0.4) is 0 Å². The second-order valence-electron chi connectivity index (χ2n) is 3.30. The van der Waals surface area contributed by atoms with Crippen molar-refractivity contribution in [3.8, 4) is 12.3 Å². The van der Waals surface area contributed by atoms with Gasteiger partial charge in [0.1, 0.15) is 5.69 Å². The van der Waals surface area contributed by atoms with E-state index in [0.29, 0.717) is 17.8 Å². The van der Waals surface area contributed by atoms with Crippen molar-refractivity contribution in [3.63, 3.8) is 0 Å². The van der Waals surface area contributed by atoms with E-state index in [4.69, 9.17) is 11.5 Å². The zero-order valence-corrected chi connectivity index (χ0v) is 8.88. The molecular formula is C11H12N2O3.